The van der Waals surface area contributed by atoms with Gasteiger partial charge in [0.25, 0.3) is 0 Å². The first kappa shape index (κ1) is 25.4. The average Bonchev–Trinajstić information content (AvgIpc) is 3.25. The quantitative estimate of drug-likeness (QED) is 0.182. The molecule has 5 heteroatoms. The van der Waals surface area contributed by atoms with E-state index in [0.29, 0.717) is 0 Å². The van der Waals surface area contributed by atoms with Crippen LogP contribution in [-0.2, 0) is 20.1 Å². The summed E-state index contributed by atoms with van der Waals surface area (Å²) in [5, 5.41) is 2.18. The van der Waals surface area contributed by atoms with Crippen LogP contribution < -0.4 is 0 Å². The zero-order valence-corrected chi connectivity index (χ0v) is 23.0. The number of furan rings is 1. The predicted molar refractivity (Wildman–Crippen MR) is 141 cm³/mol. The van der Waals surface area contributed by atoms with Crippen LogP contribution in [0.25, 0.3) is 44.5 Å². The number of para-hydroxylation sites is 1. The minimum atomic E-state index is 0. The van der Waals surface area contributed by atoms with Gasteiger partial charge in [0.2, 0.25) is 0 Å². The van der Waals surface area contributed by atoms with Crippen LogP contribution in [0.3, 0.4) is 0 Å². The van der Waals surface area contributed by atoms with E-state index in [2.05, 4.69) is 72.3 Å². The SMILES string of the molecule is Cc1c[c-]c(-c2cc(C)c(C)cn2)cc1.Cc1ccn[c-]c1-c1cc2c(cn1)oc1ccccc12.[Ir]. The summed E-state index contributed by atoms with van der Waals surface area (Å²) in [4.78, 5) is 12.9. The van der Waals surface area contributed by atoms with Gasteiger partial charge in [0.15, 0.2) is 5.58 Å². The second kappa shape index (κ2) is 10.9. The van der Waals surface area contributed by atoms with Crippen molar-refractivity contribution in [1.29, 1.82) is 0 Å². The van der Waals surface area contributed by atoms with Crippen molar-refractivity contribution >= 4 is 21.9 Å². The van der Waals surface area contributed by atoms with Crippen molar-refractivity contribution in [2.75, 3.05) is 0 Å². The molecule has 1 radical (unpaired) electrons. The van der Waals surface area contributed by atoms with Crippen LogP contribution >= 0.6 is 0 Å². The summed E-state index contributed by atoms with van der Waals surface area (Å²) in [6.45, 7) is 8.28. The van der Waals surface area contributed by atoms with Crippen molar-refractivity contribution in [3.63, 3.8) is 0 Å². The molecular weight excluding hydrogens is 623 g/mol. The molecule has 0 saturated heterocycles. The Morgan fingerprint density at radius 1 is 0.722 bits per heavy atom. The molecule has 0 bridgehead atoms. The van der Waals surface area contributed by atoms with Gasteiger partial charge in [-0.1, -0.05) is 55.9 Å². The Bertz CT molecular complexity index is 1640. The van der Waals surface area contributed by atoms with Gasteiger partial charge in [-0.2, -0.15) is 0 Å². The summed E-state index contributed by atoms with van der Waals surface area (Å²) in [5.74, 6) is 0. The van der Waals surface area contributed by atoms with Gasteiger partial charge in [-0.05, 0) is 43.1 Å². The minimum absolute atomic E-state index is 0. The molecule has 0 unspecified atom stereocenters. The number of hydrogen-bond donors (Lipinski definition) is 0. The van der Waals surface area contributed by atoms with Crippen LogP contribution in [0.1, 0.15) is 22.3 Å². The molecule has 0 fully saturated rings. The number of rotatable bonds is 2. The van der Waals surface area contributed by atoms with Gasteiger partial charge in [0.1, 0.15) is 5.58 Å². The van der Waals surface area contributed by atoms with Gasteiger partial charge in [-0.15, -0.1) is 52.6 Å². The Labute approximate surface area is 224 Å². The summed E-state index contributed by atoms with van der Waals surface area (Å²) >= 11 is 0. The van der Waals surface area contributed by atoms with Crippen LogP contribution in [0.5, 0.6) is 0 Å². The molecule has 0 aliphatic carbocycles. The fraction of sp³-hybridized carbons (Fsp3) is 0.129. The predicted octanol–water partition coefficient (Wildman–Crippen LogP) is 7.62. The molecule has 0 aliphatic rings. The summed E-state index contributed by atoms with van der Waals surface area (Å²) in [7, 11) is 0. The van der Waals surface area contributed by atoms with E-state index in [1.54, 1.807) is 12.4 Å². The number of aryl methyl sites for hydroxylation is 4. The second-order valence-electron chi connectivity index (χ2n) is 8.71. The number of aromatic nitrogens is 3. The third kappa shape index (κ3) is 5.28. The Kier molecular flexibility index (Phi) is 7.73. The van der Waals surface area contributed by atoms with Crippen molar-refractivity contribution in [3.05, 3.63) is 114 Å². The van der Waals surface area contributed by atoms with Crippen molar-refractivity contribution < 1.29 is 24.5 Å². The zero-order chi connectivity index (χ0) is 24.4. The fourth-order valence-corrected chi connectivity index (χ4v) is 3.88. The third-order valence-electron chi connectivity index (χ3n) is 6.11. The summed E-state index contributed by atoms with van der Waals surface area (Å²) in [6, 6.07) is 23.5. The molecule has 0 amide bonds. The first-order valence-electron chi connectivity index (χ1n) is 11.5. The summed E-state index contributed by atoms with van der Waals surface area (Å²) in [6.07, 6.45) is 8.44. The van der Waals surface area contributed by atoms with Gasteiger partial charge in [-0.3, -0.25) is 0 Å². The van der Waals surface area contributed by atoms with Crippen LogP contribution in [0.2, 0.25) is 0 Å². The van der Waals surface area contributed by atoms with Crippen LogP contribution in [0.4, 0.5) is 0 Å². The molecule has 6 aromatic rings. The molecule has 181 valence electrons. The van der Waals surface area contributed by atoms with Crippen LogP contribution in [-0.4, -0.2) is 15.0 Å². The van der Waals surface area contributed by atoms with E-state index in [0.717, 1.165) is 50.0 Å². The van der Waals surface area contributed by atoms with Gasteiger partial charge < -0.3 is 19.4 Å². The summed E-state index contributed by atoms with van der Waals surface area (Å²) < 4.78 is 5.79. The molecule has 0 N–H and O–H groups in total. The minimum Gasteiger partial charge on any atom is -0.455 e. The van der Waals surface area contributed by atoms with Crippen LogP contribution in [0.15, 0.2) is 83.7 Å². The van der Waals surface area contributed by atoms with Crippen molar-refractivity contribution in [2.45, 2.75) is 27.7 Å². The number of hydrogen-bond acceptors (Lipinski definition) is 4. The average molecular weight is 648 g/mol. The van der Waals surface area contributed by atoms with Gasteiger partial charge >= 0.3 is 0 Å². The maximum atomic E-state index is 5.79. The molecule has 0 saturated carbocycles. The van der Waals surface area contributed by atoms with Crippen molar-refractivity contribution in [1.82, 2.24) is 15.0 Å². The standard InChI is InChI=1S/C17H11N2O.C14H14N.Ir/c1-11-6-7-18-9-14(11)15-8-13-12-4-2-3-5-16(12)20-17(13)10-19-15;1-10-4-6-13(7-5-10)14-8-11(2)12(3)9-15-14;/h2-8,10H,1H3;4-6,8-9H,1-3H3;/q2*-1;. The molecule has 4 aromatic heterocycles. The van der Waals surface area contributed by atoms with Crippen molar-refractivity contribution in [2.24, 2.45) is 0 Å². The third-order valence-corrected chi connectivity index (χ3v) is 6.11. The molecule has 4 nitrogen and oxygen atoms in total. The van der Waals surface area contributed by atoms with E-state index in [4.69, 9.17) is 4.42 Å². The molecular formula is C31H25IrN3O-2. The Morgan fingerprint density at radius 3 is 2.28 bits per heavy atom. The van der Waals surface area contributed by atoms with E-state index in [1.165, 1.54) is 16.7 Å². The van der Waals surface area contributed by atoms with Gasteiger partial charge in [0, 0.05) is 37.1 Å². The van der Waals surface area contributed by atoms with Crippen molar-refractivity contribution in [3.8, 4) is 22.5 Å². The molecule has 36 heavy (non-hydrogen) atoms. The fourth-order valence-electron chi connectivity index (χ4n) is 3.88. The first-order chi connectivity index (χ1) is 17.0. The van der Waals surface area contributed by atoms with E-state index in [1.807, 2.05) is 49.5 Å². The second-order valence-corrected chi connectivity index (χ2v) is 8.71. The molecule has 2 aromatic carbocycles. The molecule has 4 heterocycles. The van der Waals surface area contributed by atoms with Gasteiger partial charge in [0.05, 0.1) is 6.20 Å². The number of benzene rings is 2. The van der Waals surface area contributed by atoms with Crippen LogP contribution in [0, 0.1) is 40.0 Å². The number of pyridine rings is 3. The number of fused-ring (bicyclic) bond motifs is 3. The Morgan fingerprint density at radius 2 is 1.53 bits per heavy atom. The maximum absolute atomic E-state index is 5.79. The maximum Gasteiger partial charge on any atom is 0.151 e. The van der Waals surface area contributed by atoms with E-state index < -0.39 is 0 Å². The molecule has 0 spiro atoms. The van der Waals surface area contributed by atoms with E-state index in [9.17, 15) is 0 Å². The van der Waals surface area contributed by atoms with Gasteiger partial charge in [-0.25, -0.2) is 0 Å². The largest absolute Gasteiger partial charge is 0.455 e. The summed E-state index contributed by atoms with van der Waals surface area (Å²) in [5.41, 5.74) is 10.4. The molecule has 0 atom stereocenters. The topological polar surface area (TPSA) is 51.8 Å². The molecule has 0 aliphatic heterocycles. The Hall–Kier alpha value is -3.66. The van der Waals surface area contributed by atoms with E-state index in [-0.39, 0.29) is 20.1 Å². The van der Waals surface area contributed by atoms with E-state index >= 15 is 0 Å². The smallest absolute Gasteiger partial charge is 0.151 e. The Balaban J connectivity index is 0.000000172. The first-order valence-corrected chi connectivity index (χ1v) is 11.5. The molecule has 6 rings (SSSR count). The number of nitrogens with zero attached hydrogens (tertiary/aromatic N) is 3. The zero-order valence-electron chi connectivity index (χ0n) is 20.6. The normalized spacial score (nSPS) is 10.6. The monoisotopic (exact) mass is 648 g/mol.